The Morgan fingerprint density at radius 1 is 1.18 bits per heavy atom. The molecule has 1 heterocycles. The van der Waals surface area contributed by atoms with Crippen LogP contribution in [0.15, 0.2) is 0 Å². The molecule has 3 heteroatoms. The Balaban J connectivity index is 1.98. The molecule has 2 rings (SSSR count). The van der Waals surface area contributed by atoms with Gasteiger partial charge in [-0.05, 0) is 26.7 Å². The molecule has 0 aromatic heterocycles. The highest BCUT2D eigenvalue weighted by atomic mass is 79.9. The second kappa shape index (κ2) is 6.03. The molecule has 0 bridgehead atoms. The summed E-state index contributed by atoms with van der Waals surface area (Å²) in [6.45, 7) is 6.66. The van der Waals surface area contributed by atoms with Gasteiger partial charge in [0.15, 0.2) is 0 Å². The molecule has 100 valence electrons. The molecule has 2 fully saturated rings. The molecule has 0 amide bonds. The van der Waals surface area contributed by atoms with Crippen molar-refractivity contribution in [2.24, 2.45) is 0 Å². The van der Waals surface area contributed by atoms with Crippen molar-refractivity contribution in [3.8, 4) is 0 Å². The largest absolute Gasteiger partial charge is 0.369 e. The van der Waals surface area contributed by atoms with E-state index in [1.807, 2.05) is 0 Å². The van der Waals surface area contributed by atoms with Crippen LogP contribution in [-0.2, 0) is 4.74 Å². The number of alkyl halides is 1. The Kier molecular flexibility index (Phi) is 4.90. The maximum absolute atomic E-state index is 6.09. The van der Waals surface area contributed by atoms with Crippen LogP contribution < -0.4 is 0 Å². The molecular formula is C14H26BrNO. The minimum absolute atomic E-state index is 0.0169. The summed E-state index contributed by atoms with van der Waals surface area (Å²) in [6.07, 6.45) is 8.86. The number of rotatable bonds is 2. The lowest BCUT2D eigenvalue weighted by molar-refractivity contribution is -0.136. The van der Waals surface area contributed by atoms with Gasteiger partial charge in [-0.15, -0.1) is 0 Å². The molecule has 1 unspecified atom stereocenters. The van der Waals surface area contributed by atoms with Crippen LogP contribution in [0.3, 0.4) is 0 Å². The highest BCUT2D eigenvalue weighted by Crippen LogP contribution is 2.28. The smallest absolute Gasteiger partial charge is 0.0806 e. The zero-order chi connectivity index (χ0) is 12.3. The third kappa shape index (κ3) is 3.93. The number of nitrogens with zero attached hydrogens (tertiary/aromatic N) is 1. The summed E-state index contributed by atoms with van der Waals surface area (Å²) < 4.78 is 6.09. The summed E-state index contributed by atoms with van der Waals surface area (Å²) >= 11 is 3.58. The van der Waals surface area contributed by atoms with Crippen molar-refractivity contribution < 1.29 is 4.74 Å². The van der Waals surface area contributed by atoms with E-state index in [1.165, 1.54) is 38.5 Å². The molecule has 0 spiro atoms. The quantitative estimate of drug-likeness (QED) is 0.571. The zero-order valence-electron chi connectivity index (χ0n) is 11.3. The normalized spacial score (nSPS) is 32.3. The molecule has 0 aromatic rings. The van der Waals surface area contributed by atoms with Crippen LogP contribution in [0.25, 0.3) is 0 Å². The molecule has 1 aliphatic heterocycles. The molecule has 0 radical (unpaired) electrons. The van der Waals surface area contributed by atoms with Crippen LogP contribution in [-0.4, -0.2) is 41.1 Å². The number of morpholine rings is 1. The van der Waals surface area contributed by atoms with Crippen molar-refractivity contribution >= 4 is 15.9 Å². The highest BCUT2D eigenvalue weighted by molar-refractivity contribution is 9.09. The fraction of sp³-hybridized carbons (Fsp3) is 1.00. The van der Waals surface area contributed by atoms with Gasteiger partial charge in [0.05, 0.1) is 11.7 Å². The lowest BCUT2D eigenvalue weighted by atomic mass is 10.00. The first kappa shape index (κ1) is 13.8. The molecule has 0 aromatic carbocycles. The van der Waals surface area contributed by atoms with E-state index in [4.69, 9.17) is 4.74 Å². The van der Waals surface area contributed by atoms with Crippen molar-refractivity contribution in [2.45, 2.75) is 70.1 Å². The van der Waals surface area contributed by atoms with Gasteiger partial charge in [-0.1, -0.05) is 41.6 Å². The summed E-state index contributed by atoms with van der Waals surface area (Å²) in [5.74, 6) is 0. The minimum atomic E-state index is 0.0169. The van der Waals surface area contributed by atoms with Crippen LogP contribution in [0.1, 0.15) is 52.4 Å². The molecule has 2 aliphatic rings. The van der Waals surface area contributed by atoms with E-state index in [0.717, 1.165) is 24.5 Å². The Morgan fingerprint density at radius 2 is 1.82 bits per heavy atom. The molecule has 0 N–H and O–H groups in total. The van der Waals surface area contributed by atoms with Gasteiger partial charge in [0.25, 0.3) is 0 Å². The van der Waals surface area contributed by atoms with Crippen molar-refractivity contribution in [2.75, 3.05) is 18.4 Å². The lowest BCUT2D eigenvalue weighted by Gasteiger charge is -2.45. The number of hydrogen-bond acceptors (Lipinski definition) is 2. The zero-order valence-corrected chi connectivity index (χ0v) is 12.8. The maximum Gasteiger partial charge on any atom is 0.0806 e. The molecular weight excluding hydrogens is 278 g/mol. The summed E-state index contributed by atoms with van der Waals surface area (Å²) in [4.78, 5) is 2.70. The monoisotopic (exact) mass is 303 g/mol. The van der Waals surface area contributed by atoms with Crippen LogP contribution >= 0.6 is 15.9 Å². The fourth-order valence-electron chi connectivity index (χ4n) is 3.32. The van der Waals surface area contributed by atoms with Crippen LogP contribution in [0.2, 0.25) is 0 Å². The van der Waals surface area contributed by atoms with E-state index in [9.17, 15) is 0 Å². The average molecular weight is 304 g/mol. The van der Waals surface area contributed by atoms with Gasteiger partial charge in [0.1, 0.15) is 0 Å². The van der Waals surface area contributed by atoms with E-state index in [0.29, 0.717) is 6.10 Å². The Hall–Kier alpha value is 0.400. The molecule has 17 heavy (non-hydrogen) atoms. The first-order valence-electron chi connectivity index (χ1n) is 7.08. The first-order chi connectivity index (χ1) is 8.11. The second-order valence-corrected chi connectivity index (χ2v) is 6.88. The Labute approximate surface area is 114 Å². The first-order valence-corrected chi connectivity index (χ1v) is 8.21. The summed E-state index contributed by atoms with van der Waals surface area (Å²) in [6, 6.07) is 0.808. The predicted octanol–water partition coefficient (Wildman–Crippen LogP) is 3.58. The van der Waals surface area contributed by atoms with Crippen molar-refractivity contribution in [3.63, 3.8) is 0 Å². The van der Waals surface area contributed by atoms with E-state index < -0.39 is 0 Å². The van der Waals surface area contributed by atoms with E-state index in [-0.39, 0.29) is 5.60 Å². The predicted molar refractivity (Wildman–Crippen MR) is 75.8 cm³/mol. The minimum Gasteiger partial charge on any atom is -0.369 e. The van der Waals surface area contributed by atoms with E-state index in [1.54, 1.807) is 0 Å². The molecule has 1 saturated carbocycles. The maximum atomic E-state index is 6.09. The van der Waals surface area contributed by atoms with Crippen LogP contribution in [0.5, 0.6) is 0 Å². The second-order valence-electron chi connectivity index (χ2n) is 6.23. The fourth-order valence-corrected chi connectivity index (χ4v) is 3.66. The molecule has 2 nitrogen and oxygen atoms in total. The van der Waals surface area contributed by atoms with E-state index in [2.05, 4.69) is 34.7 Å². The van der Waals surface area contributed by atoms with Gasteiger partial charge in [-0.3, -0.25) is 4.90 Å². The Morgan fingerprint density at radius 3 is 2.41 bits per heavy atom. The lowest BCUT2D eigenvalue weighted by Crippen LogP contribution is -2.56. The van der Waals surface area contributed by atoms with Gasteiger partial charge >= 0.3 is 0 Å². The van der Waals surface area contributed by atoms with Gasteiger partial charge in [-0.25, -0.2) is 0 Å². The molecule has 1 saturated heterocycles. The number of halogens is 1. The number of ether oxygens (including phenoxy) is 1. The SMILES string of the molecule is CC1(C)CN(C2CCCCCC2)CC(CBr)O1. The Bertz CT molecular complexity index is 236. The topological polar surface area (TPSA) is 12.5 Å². The van der Waals surface area contributed by atoms with Gasteiger partial charge in [-0.2, -0.15) is 0 Å². The average Bonchev–Trinajstić information content (AvgIpc) is 2.55. The summed E-state index contributed by atoms with van der Waals surface area (Å²) in [7, 11) is 0. The third-order valence-electron chi connectivity index (χ3n) is 4.02. The van der Waals surface area contributed by atoms with Crippen LogP contribution in [0.4, 0.5) is 0 Å². The van der Waals surface area contributed by atoms with Crippen molar-refractivity contribution in [1.82, 2.24) is 4.90 Å². The van der Waals surface area contributed by atoms with E-state index >= 15 is 0 Å². The van der Waals surface area contributed by atoms with Gasteiger partial charge in [0, 0.05) is 24.5 Å². The molecule has 1 aliphatic carbocycles. The van der Waals surface area contributed by atoms with Crippen molar-refractivity contribution in [3.05, 3.63) is 0 Å². The highest BCUT2D eigenvalue weighted by Gasteiger charge is 2.35. The van der Waals surface area contributed by atoms with Crippen molar-refractivity contribution in [1.29, 1.82) is 0 Å². The number of hydrogen-bond donors (Lipinski definition) is 0. The van der Waals surface area contributed by atoms with Crippen LogP contribution in [0, 0.1) is 0 Å². The standard InChI is InChI=1S/C14H26BrNO/c1-14(2)11-16(10-13(9-15)17-14)12-7-5-3-4-6-8-12/h12-13H,3-11H2,1-2H3. The summed E-state index contributed by atoms with van der Waals surface area (Å²) in [5, 5.41) is 0.958. The summed E-state index contributed by atoms with van der Waals surface area (Å²) in [5.41, 5.74) is 0.0169. The van der Waals surface area contributed by atoms with Gasteiger partial charge < -0.3 is 4.74 Å². The van der Waals surface area contributed by atoms with Gasteiger partial charge in [0.2, 0.25) is 0 Å². The third-order valence-corrected chi connectivity index (χ3v) is 4.74. The molecule has 1 atom stereocenters.